The number of rotatable bonds is 8. The number of halogens is 2. The number of carbonyl (C=O) groups is 1. The number of methoxy groups -OCH3 is 1. The van der Waals surface area contributed by atoms with Gasteiger partial charge in [-0.1, -0.05) is 12.6 Å². The lowest BCUT2D eigenvalue weighted by Gasteiger charge is -2.33. The first-order valence-corrected chi connectivity index (χ1v) is 16.1. The summed E-state index contributed by atoms with van der Waals surface area (Å²) in [6.45, 7) is 6.69. The number of amides is 1. The molecule has 0 saturated heterocycles. The van der Waals surface area contributed by atoms with E-state index in [1.807, 2.05) is 41.3 Å². The van der Waals surface area contributed by atoms with Crippen LogP contribution >= 0.6 is 11.3 Å². The Bertz CT molecular complexity index is 2310. The van der Waals surface area contributed by atoms with Crippen LogP contribution in [0.1, 0.15) is 18.7 Å². The van der Waals surface area contributed by atoms with Gasteiger partial charge in [-0.05, 0) is 42.6 Å². The number of carbonyl (C=O) groups excluding carboxylic acids is 1. The maximum atomic E-state index is 16.1. The number of nitrogens with zero attached hydrogens (tertiary/aromatic N) is 6. The van der Waals surface area contributed by atoms with Crippen molar-refractivity contribution in [2.45, 2.75) is 19.5 Å². The molecule has 1 atom stereocenters. The van der Waals surface area contributed by atoms with Gasteiger partial charge in [-0.15, -0.1) is 11.3 Å². The molecule has 10 nitrogen and oxygen atoms in total. The van der Waals surface area contributed by atoms with Crippen LogP contribution in [0.25, 0.3) is 54.6 Å². The number of fused-ring (bicyclic) bond motifs is 3. The SMILES string of the molecule is C=CC(=O)N1CCn2nc(-c3nc(-c4ccc5c(=O)n(C)ncc5c4)c4ccsc4c3-c3c(F)cc(F)cc3OCCOC)cc2[C@@H]1C. The number of aryl methyl sites for hydroxylation is 1. The van der Waals surface area contributed by atoms with E-state index in [0.717, 1.165) is 23.2 Å². The van der Waals surface area contributed by atoms with E-state index in [1.54, 1.807) is 24.2 Å². The molecule has 0 fully saturated rings. The zero-order valence-electron chi connectivity index (χ0n) is 26.4. The summed E-state index contributed by atoms with van der Waals surface area (Å²) in [6.07, 6.45) is 2.91. The highest BCUT2D eigenvalue weighted by Crippen LogP contribution is 2.47. The van der Waals surface area contributed by atoms with Gasteiger partial charge in [0.2, 0.25) is 5.91 Å². The Kier molecular flexibility index (Phi) is 8.09. The summed E-state index contributed by atoms with van der Waals surface area (Å²) < 4.78 is 45.5. The lowest BCUT2D eigenvalue weighted by atomic mass is 9.96. The monoisotopic (exact) mass is 668 g/mol. The summed E-state index contributed by atoms with van der Waals surface area (Å²) in [5.41, 5.74) is 3.08. The molecule has 1 amide bonds. The Morgan fingerprint density at radius 3 is 2.71 bits per heavy atom. The van der Waals surface area contributed by atoms with Gasteiger partial charge < -0.3 is 14.4 Å². The van der Waals surface area contributed by atoms with Gasteiger partial charge in [-0.25, -0.2) is 18.4 Å². The van der Waals surface area contributed by atoms with E-state index in [4.69, 9.17) is 19.6 Å². The summed E-state index contributed by atoms with van der Waals surface area (Å²) in [5.74, 6) is -1.79. The molecule has 0 N–H and O–H groups in total. The number of hydrogen-bond donors (Lipinski definition) is 0. The van der Waals surface area contributed by atoms with Crippen LogP contribution in [0.5, 0.6) is 5.75 Å². The van der Waals surface area contributed by atoms with Crippen molar-refractivity contribution in [3.8, 4) is 39.5 Å². The molecule has 0 aliphatic carbocycles. The van der Waals surface area contributed by atoms with Crippen molar-refractivity contribution in [2.75, 3.05) is 26.9 Å². The largest absolute Gasteiger partial charge is 0.490 e. The van der Waals surface area contributed by atoms with Crippen LogP contribution in [0.15, 0.2) is 71.5 Å². The average molecular weight is 669 g/mol. The van der Waals surface area contributed by atoms with Crippen LogP contribution < -0.4 is 10.3 Å². The third-order valence-corrected chi connectivity index (χ3v) is 9.53. The van der Waals surface area contributed by atoms with Crippen molar-refractivity contribution >= 4 is 38.1 Å². The van der Waals surface area contributed by atoms with E-state index in [2.05, 4.69) is 11.7 Å². The molecule has 6 aromatic rings. The summed E-state index contributed by atoms with van der Waals surface area (Å²) >= 11 is 1.38. The van der Waals surface area contributed by atoms with Gasteiger partial charge >= 0.3 is 0 Å². The number of pyridine rings is 1. The minimum absolute atomic E-state index is 0.00256. The van der Waals surface area contributed by atoms with Gasteiger partial charge in [-0.3, -0.25) is 14.3 Å². The van der Waals surface area contributed by atoms with E-state index in [1.165, 1.54) is 29.2 Å². The third-order valence-electron chi connectivity index (χ3n) is 8.60. The highest BCUT2D eigenvalue weighted by Gasteiger charge is 2.31. The maximum Gasteiger partial charge on any atom is 0.274 e. The molecular formula is C35H30F2N6O4S. The summed E-state index contributed by atoms with van der Waals surface area (Å²) in [7, 11) is 3.11. The Labute approximate surface area is 277 Å². The first-order chi connectivity index (χ1) is 23.2. The number of thiophene rings is 1. The molecule has 0 bridgehead atoms. The zero-order valence-corrected chi connectivity index (χ0v) is 27.2. The predicted octanol–water partition coefficient (Wildman–Crippen LogP) is 6.13. The second-order valence-electron chi connectivity index (χ2n) is 11.4. The molecule has 2 aromatic carbocycles. The molecule has 48 heavy (non-hydrogen) atoms. The molecular weight excluding hydrogens is 638 g/mol. The van der Waals surface area contributed by atoms with E-state index >= 15 is 4.39 Å². The number of benzene rings is 2. The van der Waals surface area contributed by atoms with Crippen LogP contribution in [-0.4, -0.2) is 62.2 Å². The fourth-order valence-electron chi connectivity index (χ4n) is 6.23. The van der Waals surface area contributed by atoms with Crippen LogP contribution in [-0.2, 0) is 23.1 Å². The normalized spacial score (nSPS) is 14.4. The van der Waals surface area contributed by atoms with Crippen molar-refractivity contribution in [1.29, 1.82) is 0 Å². The van der Waals surface area contributed by atoms with Crippen molar-refractivity contribution in [2.24, 2.45) is 7.05 Å². The van der Waals surface area contributed by atoms with Gasteiger partial charge in [0.15, 0.2) is 0 Å². The molecule has 4 aromatic heterocycles. The Morgan fingerprint density at radius 2 is 1.92 bits per heavy atom. The molecule has 5 heterocycles. The molecule has 0 radical (unpaired) electrons. The van der Waals surface area contributed by atoms with Gasteiger partial charge in [0, 0.05) is 59.4 Å². The Morgan fingerprint density at radius 1 is 1.08 bits per heavy atom. The van der Waals surface area contributed by atoms with Gasteiger partial charge in [0.05, 0.1) is 47.7 Å². The maximum absolute atomic E-state index is 16.1. The molecule has 1 aliphatic heterocycles. The first kappa shape index (κ1) is 31.3. The lowest BCUT2D eigenvalue weighted by molar-refractivity contribution is -0.129. The van der Waals surface area contributed by atoms with Crippen molar-refractivity contribution < 1.29 is 23.0 Å². The van der Waals surface area contributed by atoms with Gasteiger partial charge in [0.25, 0.3) is 5.56 Å². The Hall–Kier alpha value is -5.27. The van der Waals surface area contributed by atoms with Gasteiger partial charge in [0.1, 0.15) is 35.4 Å². The average Bonchev–Trinajstić information content (AvgIpc) is 3.74. The van der Waals surface area contributed by atoms with E-state index < -0.39 is 11.6 Å². The minimum Gasteiger partial charge on any atom is -0.490 e. The van der Waals surface area contributed by atoms with Crippen LogP contribution in [0.4, 0.5) is 8.78 Å². The fraction of sp³-hybridized carbons (Fsp3) is 0.229. The smallest absolute Gasteiger partial charge is 0.274 e. The van der Waals surface area contributed by atoms with Crippen molar-refractivity contribution in [3.05, 3.63) is 94.4 Å². The number of ether oxygens (including phenoxy) is 2. The molecule has 1 aliphatic rings. The minimum atomic E-state index is -0.819. The predicted molar refractivity (Wildman–Crippen MR) is 180 cm³/mol. The van der Waals surface area contributed by atoms with E-state index in [9.17, 15) is 14.0 Å². The van der Waals surface area contributed by atoms with Crippen LogP contribution in [0.2, 0.25) is 0 Å². The molecule has 0 saturated carbocycles. The standard InChI is InChI=1S/C35H30F2N6O4S/c1-5-29(44)42-9-10-43-27(19(42)2)17-26(40-43)33-31(30-25(37)15-22(36)16-28(30)47-12-11-46-4)34-24(8-13-48-34)32(39-33)20-6-7-23-21(14-20)18-38-41(3)35(23)45/h5-8,13-19H,1,9-12H2,2-4H3/t19-/m0/s1. The molecule has 7 rings (SSSR count). The summed E-state index contributed by atoms with van der Waals surface area (Å²) in [5, 5.41) is 12.9. The molecule has 0 spiro atoms. The number of hydrogen-bond acceptors (Lipinski definition) is 8. The Balaban J connectivity index is 1.51. The molecule has 13 heteroatoms. The number of aromatic nitrogens is 5. The van der Waals surface area contributed by atoms with Crippen molar-refractivity contribution in [3.63, 3.8) is 0 Å². The third kappa shape index (κ3) is 5.24. The fourth-order valence-corrected chi connectivity index (χ4v) is 7.18. The highest BCUT2D eigenvalue weighted by atomic mass is 32.1. The molecule has 244 valence electrons. The molecule has 0 unspecified atom stereocenters. The second kappa shape index (κ2) is 12.4. The quantitative estimate of drug-likeness (QED) is 0.142. The highest BCUT2D eigenvalue weighted by molar-refractivity contribution is 7.18. The van der Waals surface area contributed by atoms with E-state index in [-0.39, 0.29) is 42.0 Å². The summed E-state index contributed by atoms with van der Waals surface area (Å²) in [4.78, 5) is 32.2. The zero-order chi connectivity index (χ0) is 33.7. The topological polar surface area (TPSA) is 104 Å². The first-order valence-electron chi connectivity index (χ1n) is 15.2. The van der Waals surface area contributed by atoms with Crippen LogP contribution in [0.3, 0.4) is 0 Å². The van der Waals surface area contributed by atoms with E-state index in [0.29, 0.717) is 56.8 Å². The summed E-state index contributed by atoms with van der Waals surface area (Å²) in [6, 6.07) is 10.8. The van der Waals surface area contributed by atoms with Gasteiger partial charge in [-0.2, -0.15) is 10.2 Å². The lowest BCUT2D eigenvalue weighted by Crippen LogP contribution is -2.40. The van der Waals surface area contributed by atoms with Crippen LogP contribution in [0, 0.1) is 11.6 Å². The van der Waals surface area contributed by atoms with Crippen molar-refractivity contribution in [1.82, 2.24) is 29.4 Å². The second-order valence-corrected chi connectivity index (χ2v) is 12.3.